The van der Waals surface area contributed by atoms with Crippen molar-refractivity contribution in [1.29, 1.82) is 0 Å². The molecular formula is C14H23NO4S2. The molecule has 0 amide bonds. The molecule has 1 atom stereocenters. The maximum Gasteiger partial charge on any atom is 0.212 e. The number of rotatable bonds is 9. The lowest BCUT2D eigenvalue weighted by atomic mass is 10.1. The van der Waals surface area contributed by atoms with E-state index in [0.717, 1.165) is 11.3 Å². The first-order valence-corrected chi connectivity index (χ1v) is 9.64. The van der Waals surface area contributed by atoms with Crippen LogP contribution in [0.15, 0.2) is 24.3 Å². The van der Waals surface area contributed by atoms with Gasteiger partial charge in [-0.25, -0.2) is 13.1 Å². The molecule has 5 nitrogen and oxygen atoms in total. The number of thioether (sulfide) groups is 1. The molecule has 0 heterocycles. The quantitative estimate of drug-likeness (QED) is 0.712. The molecule has 0 aromatic heterocycles. The van der Waals surface area contributed by atoms with Gasteiger partial charge in [0.25, 0.3) is 0 Å². The van der Waals surface area contributed by atoms with E-state index in [4.69, 9.17) is 4.74 Å². The fourth-order valence-electron chi connectivity index (χ4n) is 1.74. The molecule has 0 fully saturated rings. The van der Waals surface area contributed by atoms with Crippen LogP contribution >= 0.6 is 11.8 Å². The number of hydrogen-bond acceptors (Lipinski definition) is 5. The topological polar surface area (TPSA) is 75.6 Å². The van der Waals surface area contributed by atoms with Crippen molar-refractivity contribution < 1.29 is 18.3 Å². The Kier molecular flexibility index (Phi) is 6.99. The zero-order valence-electron chi connectivity index (χ0n) is 12.6. The van der Waals surface area contributed by atoms with Gasteiger partial charge in [0.05, 0.1) is 18.5 Å². The predicted octanol–water partition coefficient (Wildman–Crippen LogP) is 1.27. The van der Waals surface area contributed by atoms with Gasteiger partial charge in [0, 0.05) is 12.3 Å². The Balaban J connectivity index is 2.48. The summed E-state index contributed by atoms with van der Waals surface area (Å²) < 4.78 is 31.4. The first-order valence-electron chi connectivity index (χ1n) is 6.59. The molecule has 0 saturated heterocycles. The van der Waals surface area contributed by atoms with Crippen LogP contribution in [0, 0.1) is 0 Å². The van der Waals surface area contributed by atoms with Gasteiger partial charge in [0.1, 0.15) is 5.75 Å². The van der Waals surface area contributed by atoms with E-state index in [-0.39, 0.29) is 12.3 Å². The highest BCUT2D eigenvalue weighted by molar-refractivity contribution is 7.98. The first kappa shape index (κ1) is 18.3. The second-order valence-corrected chi connectivity index (χ2v) is 7.96. The van der Waals surface area contributed by atoms with Gasteiger partial charge < -0.3 is 9.84 Å². The maximum absolute atomic E-state index is 11.9. The van der Waals surface area contributed by atoms with Crippen molar-refractivity contribution in [3.8, 4) is 5.75 Å². The van der Waals surface area contributed by atoms with Crippen LogP contribution in [0.25, 0.3) is 0 Å². The normalized spacial score (nSPS) is 14.7. The number of methoxy groups -OCH3 is 1. The van der Waals surface area contributed by atoms with Crippen LogP contribution < -0.4 is 9.46 Å². The van der Waals surface area contributed by atoms with Crippen LogP contribution in [0.5, 0.6) is 5.75 Å². The molecule has 2 N–H and O–H groups in total. The Hall–Kier alpha value is -0.760. The number of ether oxygens (including phenoxy) is 1. The minimum absolute atomic E-state index is 0.00528. The third kappa shape index (κ3) is 7.17. The first-order chi connectivity index (χ1) is 9.78. The molecule has 0 radical (unpaired) electrons. The van der Waals surface area contributed by atoms with Crippen molar-refractivity contribution in [3.05, 3.63) is 29.8 Å². The highest BCUT2D eigenvalue weighted by atomic mass is 32.2. The molecule has 1 unspecified atom stereocenters. The molecule has 0 aliphatic carbocycles. The van der Waals surface area contributed by atoms with E-state index < -0.39 is 15.6 Å². The van der Waals surface area contributed by atoms with E-state index in [2.05, 4.69) is 4.72 Å². The SMILES string of the molecule is COc1ccc(CCS(=O)(=O)NCC(C)(O)CSC)cc1. The molecule has 120 valence electrons. The highest BCUT2D eigenvalue weighted by Crippen LogP contribution is 2.13. The minimum atomic E-state index is -3.40. The van der Waals surface area contributed by atoms with E-state index in [1.807, 2.05) is 18.4 Å². The zero-order valence-corrected chi connectivity index (χ0v) is 14.3. The minimum Gasteiger partial charge on any atom is -0.497 e. The molecule has 0 spiro atoms. The van der Waals surface area contributed by atoms with E-state index in [1.54, 1.807) is 26.2 Å². The van der Waals surface area contributed by atoms with E-state index >= 15 is 0 Å². The number of nitrogens with one attached hydrogen (secondary N) is 1. The third-order valence-electron chi connectivity index (χ3n) is 2.95. The second kappa shape index (κ2) is 8.03. The van der Waals surface area contributed by atoms with Gasteiger partial charge in [-0.2, -0.15) is 11.8 Å². The van der Waals surface area contributed by atoms with Gasteiger partial charge in [-0.15, -0.1) is 0 Å². The van der Waals surface area contributed by atoms with Crippen LogP contribution in [0.2, 0.25) is 0 Å². The van der Waals surface area contributed by atoms with Crippen molar-refractivity contribution >= 4 is 21.8 Å². The third-order valence-corrected chi connectivity index (χ3v) is 5.18. The van der Waals surface area contributed by atoms with Crippen LogP contribution in [0.1, 0.15) is 12.5 Å². The molecule has 0 aliphatic rings. The van der Waals surface area contributed by atoms with Gasteiger partial charge in [0.15, 0.2) is 0 Å². The standard InChI is InChI=1S/C14H23NO4S2/c1-14(16,11-20-3)10-15-21(17,18)9-8-12-4-6-13(19-2)7-5-12/h4-7,15-16H,8-11H2,1-3H3. The van der Waals surface area contributed by atoms with Gasteiger partial charge in [-0.1, -0.05) is 12.1 Å². The van der Waals surface area contributed by atoms with Gasteiger partial charge >= 0.3 is 0 Å². The summed E-state index contributed by atoms with van der Waals surface area (Å²) in [5.41, 5.74) is -0.107. The Morgan fingerprint density at radius 2 is 1.95 bits per heavy atom. The average Bonchev–Trinajstić information content (AvgIpc) is 2.44. The van der Waals surface area contributed by atoms with E-state index in [1.165, 1.54) is 11.8 Å². The molecular weight excluding hydrogens is 310 g/mol. The summed E-state index contributed by atoms with van der Waals surface area (Å²) in [7, 11) is -1.81. The molecule has 1 rings (SSSR count). The molecule has 0 bridgehead atoms. The van der Waals surface area contributed by atoms with E-state index in [9.17, 15) is 13.5 Å². The molecule has 0 aliphatic heterocycles. The number of aryl methyl sites for hydroxylation is 1. The Labute approximate surface area is 131 Å². The fourth-order valence-corrected chi connectivity index (χ4v) is 3.65. The number of sulfonamides is 1. The van der Waals surface area contributed by atoms with Crippen LogP contribution in [0.3, 0.4) is 0 Å². The maximum atomic E-state index is 11.9. The summed E-state index contributed by atoms with van der Waals surface area (Å²) in [6.45, 7) is 1.65. The molecule has 0 saturated carbocycles. The van der Waals surface area contributed by atoms with Gasteiger partial charge in [-0.05, 0) is 37.3 Å². The van der Waals surface area contributed by atoms with E-state index in [0.29, 0.717) is 12.2 Å². The molecule has 1 aromatic carbocycles. The average molecular weight is 333 g/mol. The molecule has 7 heteroatoms. The van der Waals surface area contributed by atoms with Crippen molar-refractivity contribution in [3.63, 3.8) is 0 Å². The van der Waals surface area contributed by atoms with Crippen molar-refractivity contribution in [2.24, 2.45) is 0 Å². The summed E-state index contributed by atoms with van der Waals surface area (Å²) in [6.07, 6.45) is 2.29. The lowest BCUT2D eigenvalue weighted by Crippen LogP contribution is -2.43. The lowest BCUT2D eigenvalue weighted by molar-refractivity contribution is 0.0909. The van der Waals surface area contributed by atoms with Crippen LogP contribution in [-0.4, -0.2) is 50.5 Å². The zero-order chi connectivity index (χ0) is 15.9. The van der Waals surface area contributed by atoms with Gasteiger partial charge in [-0.3, -0.25) is 0 Å². The summed E-state index contributed by atoms with van der Waals surface area (Å²) in [5.74, 6) is 1.22. The van der Waals surface area contributed by atoms with Crippen LogP contribution in [-0.2, 0) is 16.4 Å². The van der Waals surface area contributed by atoms with Crippen molar-refractivity contribution in [1.82, 2.24) is 4.72 Å². The number of benzene rings is 1. The number of aliphatic hydroxyl groups is 1. The summed E-state index contributed by atoms with van der Waals surface area (Å²) in [6, 6.07) is 7.30. The van der Waals surface area contributed by atoms with Crippen molar-refractivity contribution in [2.45, 2.75) is 18.9 Å². The highest BCUT2D eigenvalue weighted by Gasteiger charge is 2.22. The molecule has 21 heavy (non-hydrogen) atoms. The number of hydrogen-bond donors (Lipinski definition) is 2. The monoisotopic (exact) mass is 333 g/mol. The Morgan fingerprint density at radius 1 is 1.33 bits per heavy atom. The molecule has 1 aromatic rings. The van der Waals surface area contributed by atoms with Crippen molar-refractivity contribution in [2.75, 3.05) is 31.4 Å². The fraction of sp³-hybridized carbons (Fsp3) is 0.571. The smallest absolute Gasteiger partial charge is 0.212 e. The summed E-state index contributed by atoms with van der Waals surface area (Å²) in [5, 5.41) is 9.96. The predicted molar refractivity (Wildman–Crippen MR) is 87.5 cm³/mol. The Bertz CT molecular complexity index is 526. The lowest BCUT2D eigenvalue weighted by Gasteiger charge is -2.22. The second-order valence-electron chi connectivity index (χ2n) is 5.17. The largest absolute Gasteiger partial charge is 0.497 e. The summed E-state index contributed by atoms with van der Waals surface area (Å²) >= 11 is 1.48. The Morgan fingerprint density at radius 3 is 2.48 bits per heavy atom. The summed E-state index contributed by atoms with van der Waals surface area (Å²) in [4.78, 5) is 0. The van der Waals surface area contributed by atoms with Crippen LogP contribution in [0.4, 0.5) is 0 Å². The van der Waals surface area contributed by atoms with Gasteiger partial charge in [0.2, 0.25) is 10.0 Å².